The molecule has 4 rings (SSSR count). The Morgan fingerprint density at radius 3 is 2.65 bits per heavy atom. The molecule has 0 aliphatic carbocycles. The summed E-state index contributed by atoms with van der Waals surface area (Å²) in [6, 6.07) is 7.25. The summed E-state index contributed by atoms with van der Waals surface area (Å²) in [4.78, 5) is 37.6. The minimum Gasteiger partial charge on any atom is -0.381 e. The Hall–Kier alpha value is -2.84. The smallest absolute Gasteiger partial charge is 0.255 e. The molecule has 0 N–H and O–H groups in total. The van der Waals surface area contributed by atoms with Crippen LogP contribution in [0.15, 0.2) is 49.1 Å². The Labute approximate surface area is 182 Å². The molecule has 2 saturated heterocycles. The molecule has 8 nitrogen and oxygen atoms in total. The first kappa shape index (κ1) is 21.4. The quantitative estimate of drug-likeness (QED) is 0.703. The minimum atomic E-state index is -0.278. The molecule has 0 spiro atoms. The van der Waals surface area contributed by atoms with Gasteiger partial charge in [-0.3, -0.25) is 19.6 Å². The van der Waals surface area contributed by atoms with Crippen molar-refractivity contribution in [2.75, 3.05) is 39.4 Å². The molecule has 0 bridgehead atoms. The zero-order valence-corrected chi connectivity index (χ0v) is 17.6. The van der Waals surface area contributed by atoms with E-state index >= 15 is 0 Å². The van der Waals surface area contributed by atoms with E-state index in [0.717, 1.165) is 31.6 Å². The third kappa shape index (κ3) is 5.86. The van der Waals surface area contributed by atoms with Crippen molar-refractivity contribution in [2.24, 2.45) is 5.92 Å². The first-order chi connectivity index (χ1) is 15.2. The number of aromatic nitrogens is 2. The monoisotopic (exact) mass is 424 g/mol. The van der Waals surface area contributed by atoms with Gasteiger partial charge in [0.05, 0.1) is 18.3 Å². The van der Waals surface area contributed by atoms with Crippen LogP contribution in [0.1, 0.15) is 28.8 Å². The Morgan fingerprint density at radius 2 is 1.90 bits per heavy atom. The molecule has 2 aromatic rings. The lowest BCUT2D eigenvalue weighted by Gasteiger charge is -2.30. The van der Waals surface area contributed by atoms with Crippen molar-refractivity contribution >= 4 is 11.8 Å². The fraction of sp³-hybridized carbons (Fsp3) is 0.478. The van der Waals surface area contributed by atoms with Crippen LogP contribution in [0.2, 0.25) is 0 Å². The molecular weight excluding hydrogens is 396 g/mol. The van der Waals surface area contributed by atoms with Gasteiger partial charge >= 0.3 is 0 Å². The number of hydrogen-bond acceptors (Lipinski definition) is 6. The van der Waals surface area contributed by atoms with Crippen LogP contribution in [0.25, 0.3) is 0 Å². The number of carbonyl (C=O) groups excluding carboxylic acids is 2. The molecule has 31 heavy (non-hydrogen) atoms. The van der Waals surface area contributed by atoms with E-state index in [0.29, 0.717) is 37.7 Å². The molecule has 8 heteroatoms. The van der Waals surface area contributed by atoms with Gasteiger partial charge in [0.15, 0.2) is 0 Å². The standard InChI is InChI=1S/C23H28N4O4/c28-22-16-27(23(29)20-2-1-7-25-12-20)15-21(31-17-19-3-8-24-9-4-19)14-26(22)13-18-5-10-30-11-6-18/h1-4,7-9,12,18,21H,5-6,10-11,13-17H2/t21-/m1/s1. The van der Waals surface area contributed by atoms with E-state index in [-0.39, 0.29) is 24.5 Å². The third-order valence-corrected chi connectivity index (χ3v) is 5.78. The van der Waals surface area contributed by atoms with Gasteiger partial charge in [0.25, 0.3) is 5.91 Å². The summed E-state index contributed by atoms with van der Waals surface area (Å²) in [6.07, 6.45) is 8.23. The first-order valence-corrected chi connectivity index (χ1v) is 10.7. The summed E-state index contributed by atoms with van der Waals surface area (Å²) in [6.45, 7) is 3.42. The average Bonchev–Trinajstić information content (AvgIpc) is 2.98. The topological polar surface area (TPSA) is 84.9 Å². The van der Waals surface area contributed by atoms with Gasteiger partial charge in [-0.2, -0.15) is 0 Å². The molecule has 0 unspecified atom stereocenters. The van der Waals surface area contributed by atoms with Crippen LogP contribution in [0.3, 0.4) is 0 Å². The van der Waals surface area contributed by atoms with Gasteiger partial charge in [-0.05, 0) is 48.6 Å². The highest BCUT2D eigenvalue weighted by atomic mass is 16.5. The predicted octanol–water partition coefficient (Wildman–Crippen LogP) is 1.77. The minimum absolute atomic E-state index is 0.0428. The van der Waals surface area contributed by atoms with E-state index in [1.807, 2.05) is 17.0 Å². The van der Waals surface area contributed by atoms with Crippen LogP contribution in [0.5, 0.6) is 0 Å². The number of carbonyl (C=O) groups is 2. The van der Waals surface area contributed by atoms with Crippen molar-refractivity contribution in [3.63, 3.8) is 0 Å². The van der Waals surface area contributed by atoms with Crippen molar-refractivity contribution < 1.29 is 19.1 Å². The van der Waals surface area contributed by atoms with Crippen molar-refractivity contribution in [1.29, 1.82) is 0 Å². The van der Waals surface area contributed by atoms with Gasteiger partial charge < -0.3 is 19.3 Å². The van der Waals surface area contributed by atoms with Crippen LogP contribution in [-0.2, 0) is 20.9 Å². The second kappa shape index (κ2) is 10.5. The summed E-state index contributed by atoms with van der Waals surface area (Å²) >= 11 is 0. The van der Waals surface area contributed by atoms with Crippen LogP contribution in [0.4, 0.5) is 0 Å². The maximum atomic E-state index is 13.1. The fourth-order valence-electron chi connectivity index (χ4n) is 4.02. The molecule has 1 atom stereocenters. The Bertz CT molecular complexity index is 858. The molecule has 2 fully saturated rings. The van der Waals surface area contributed by atoms with Crippen LogP contribution in [0, 0.1) is 5.92 Å². The molecule has 4 heterocycles. The molecule has 2 aliphatic rings. The zero-order chi connectivity index (χ0) is 21.5. The van der Waals surface area contributed by atoms with E-state index < -0.39 is 0 Å². The van der Waals surface area contributed by atoms with Gasteiger partial charge in [0.1, 0.15) is 6.54 Å². The lowest BCUT2D eigenvalue weighted by atomic mass is 9.99. The van der Waals surface area contributed by atoms with Gasteiger partial charge in [-0.15, -0.1) is 0 Å². The van der Waals surface area contributed by atoms with E-state index in [1.54, 1.807) is 35.6 Å². The molecular formula is C23H28N4O4. The summed E-state index contributed by atoms with van der Waals surface area (Å²) < 4.78 is 11.6. The molecule has 2 aliphatic heterocycles. The number of ether oxygens (including phenoxy) is 2. The zero-order valence-electron chi connectivity index (χ0n) is 17.6. The summed E-state index contributed by atoms with van der Waals surface area (Å²) in [5.41, 5.74) is 1.48. The molecule has 0 radical (unpaired) electrons. The largest absolute Gasteiger partial charge is 0.381 e. The summed E-state index contributed by atoms with van der Waals surface area (Å²) in [7, 11) is 0. The maximum absolute atomic E-state index is 13.1. The van der Waals surface area contributed by atoms with Gasteiger partial charge in [0, 0.05) is 57.6 Å². The van der Waals surface area contributed by atoms with E-state index in [1.165, 1.54) is 6.20 Å². The van der Waals surface area contributed by atoms with Gasteiger partial charge in [-0.1, -0.05) is 0 Å². The molecule has 0 saturated carbocycles. The van der Waals surface area contributed by atoms with Crippen LogP contribution < -0.4 is 0 Å². The van der Waals surface area contributed by atoms with Crippen molar-refractivity contribution in [3.8, 4) is 0 Å². The maximum Gasteiger partial charge on any atom is 0.255 e. The normalized spacial score (nSPS) is 20.5. The average molecular weight is 425 g/mol. The lowest BCUT2D eigenvalue weighted by Crippen LogP contribution is -2.42. The van der Waals surface area contributed by atoms with E-state index in [2.05, 4.69) is 9.97 Å². The number of nitrogens with zero attached hydrogens (tertiary/aromatic N) is 4. The van der Waals surface area contributed by atoms with Crippen molar-refractivity contribution in [3.05, 3.63) is 60.2 Å². The highest BCUT2D eigenvalue weighted by Crippen LogP contribution is 2.19. The Morgan fingerprint density at radius 1 is 1.10 bits per heavy atom. The van der Waals surface area contributed by atoms with E-state index in [9.17, 15) is 9.59 Å². The Balaban J connectivity index is 1.48. The summed E-state index contributed by atoms with van der Waals surface area (Å²) in [5, 5.41) is 0. The molecule has 0 aromatic carbocycles. The molecule has 2 aromatic heterocycles. The van der Waals surface area contributed by atoms with Crippen LogP contribution >= 0.6 is 0 Å². The van der Waals surface area contributed by atoms with Gasteiger partial charge in [0.2, 0.25) is 5.91 Å². The highest BCUT2D eigenvalue weighted by Gasteiger charge is 2.32. The third-order valence-electron chi connectivity index (χ3n) is 5.78. The SMILES string of the molecule is O=C1CN(C(=O)c2cccnc2)C[C@H](OCc2ccncc2)CN1CC1CCOCC1. The predicted molar refractivity (Wildman–Crippen MR) is 113 cm³/mol. The summed E-state index contributed by atoms with van der Waals surface area (Å²) in [5.74, 6) is 0.171. The van der Waals surface area contributed by atoms with Crippen molar-refractivity contribution in [1.82, 2.24) is 19.8 Å². The lowest BCUT2D eigenvalue weighted by molar-refractivity contribution is -0.132. The fourth-order valence-corrected chi connectivity index (χ4v) is 4.02. The number of amides is 2. The van der Waals surface area contributed by atoms with Crippen LogP contribution in [-0.4, -0.2) is 77.1 Å². The highest BCUT2D eigenvalue weighted by molar-refractivity contribution is 5.96. The second-order valence-corrected chi connectivity index (χ2v) is 8.07. The molecule has 164 valence electrons. The van der Waals surface area contributed by atoms with Gasteiger partial charge in [-0.25, -0.2) is 0 Å². The van der Waals surface area contributed by atoms with E-state index in [4.69, 9.17) is 9.47 Å². The first-order valence-electron chi connectivity index (χ1n) is 10.7. The Kier molecular flexibility index (Phi) is 7.22. The van der Waals surface area contributed by atoms with Crippen molar-refractivity contribution in [2.45, 2.75) is 25.6 Å². The number of pyridine rings is 2. The second-order valence-electron chi connectivity index (χ2n) is 8.07. The number of hydrogen-bond donors (Lipinski definition) is 0. The molecule has 2 amide bonds. The number of rotatable bonds is 6.